The molecule has 1 amide bonds. The second-order valence-corrected chi connectivity index (χ2v) is 9.13. The van der Waals surface area contributed by atoms with Gasteiger partial charge in [0, 0.05) is 17.1 Å². The minimum atomic E-state index is -4.28. The molecule has 11 nitrogen and oxygen atoms in total. The van der Waals surface area contributed by atoms with Crippen molar-refractivity contribution in [1.29, 1.82) is 0 Å². The zero-order valence-corrected chi connectivity index (χ0v) is 19.7. The third-order valence-corrected chi connectivity index (χ3v) is 6.57. The van der Waals surface area contributed by atoms with Gasteiger partial charge < -0.3 is 19.8 Å². The SMILES string of the molecule is COc1ccc(S(=O)(=O)NC(=O)c2cc3c(Nc4cccc(OC)c4)c(F)cc([N+](=O)[O-])c3[nH]2)cc1. The molecule has 0 radical (unpaired) electrons. The number of aromatic amines is 1. The first-order valence-electron chi connectivity index (χ1n) is 10.2. The number of nitro benzene ring substituents is 1. The summed E-state index contributed by atoms with van der Waals surface area (Å²) in [4.78, 5) is 25.9. The predicted octanol–water partition coefficient (Wildman–Crippen LogP) is 4.09. The summed E-state index contributed by atoms with van der Waals surface area (Å²) in [6, 6.07) is 13.7. The molecule has 3 N–H and O–H groups in total. The number of nitrogens with zero attached hydrogens (tertiary/aromatic N) is 1. The minimum Gasteiger partial charge on any atom is -0.497 e. The van der Waals surface area contributed by atoms with E-state index in [1.165, 1.54) is 38.5 Å². The molecular weight excluding hydrogens is 495 g/mol. The van der Waals surface area contributed by atoms with Crippen LogP contribution in [-0.4, -0.2) is 38.5 Å². The number of nitro groups is 1. The number of non-ortho nitro benzene ring substituents is 1. The fraction of sp³-hybridized carbons (Fsp3) is 0.0870. The summed E-state index contributed by atoms with van der Waals surface area (Å²) in [7, 11) is -1.41. The molecule has 0 saturated heterocycles. The summed E-state index contributed by atoms with van der Waals surface area (Å²) in [6.45, 7) is 0. The van der Waals surface area contributed by atoms with E-state index < -0.39 is 32.4 Å². The zero-order valence-electron chi connectivity index (χ0n) is 18.9. The van der Waals surface area contributed by atoms with E-state index in [1.807, 2.05) is 4.72 Å². The summed E-state index contributed by atoms with van der Waals surface area (Å²) in [5.41, 5.74) is -0.867. The van der Waals surface area contributed by atoms with Gasteiger partial charge in [-0.1, -0.05) is 6.07 Å². The number of hydrogen-bond donors (Lipinski definition) is 3. The van der Waals surface area contributed by atoms with Crippen molar-refractivity contribution in [2.75, 3.05) is 19.5 Å². The van der Waals surface area contributed by atoms with Crippen LogP contribution >= 0.6 is 0 Å². The first kappa shape index (κ1) is 24.5. The highest BCUT2D eigenvalue weighted by Crippen LogP contribution is 2.36. The Morgan fingerprint density at radius 3 is 2.36 bits per heavy atom. The molecule has 0 aliphatic heterocycles. The zero-order chi connectivity index (χ0) is 26.0. The van der Waals surface area contributed by atoms with E-state index in [0.29, 0.717) is 23.3 Å². The van der Waals surface area contributed by atoms with Crippen molar-refractivity contribution < 1.29 is 32.0 Å². The van der Waals surface area contributed by atoms with E-state index in [2.05, 4.69) is 10.3 Å². The molecule has 186 valence electrons. The third-order valence-electron chi connectivity index (χ3n) is 5.22. The second kappa shape index (κ2) is 9.54. The van der Waals surface area contributed by atoms with Gasteiger partial charge in [0.25, 0.3) is 21.6 Å². The van der Waals surface area contributed by atoms with Crippen LogP contribution in [0, 0.1) is 15.9 Å². The largest absolute Gasteiger partial charge is 0.497 e. The summed E-state index contributed by atoms with van der Waals surface area (Å²) in [5, 5.41) is 14.3. The van der Waals surface area contributed by atoms with Gasteiger partial charge in [-0.25, -0.2) is 17.5 Å². The minimum absolute atomic E-state index is 0.0310. The highest BCUT2D eigenvalue weighted by Gasteiger charge is 2.26. The molecule has 1 aromatic heterocycles. The maximum atomic E-state index is 15.0. The predicted molar refractivity (Wildman–Crippen MR) is 129 cm³/mol. The number of carbonyl (C=O) groups is 1. The molecule has 36 heavy (non-hydrogen) atoms. The van der Waals surface area contributed by atoms with Crippen LogP contribution in [-0.2, 0) is 10.0 Å². The molecule has 3 aromatic carbocycles. The van der Waals surface area contributed by atoms with E-state index >= 15 is 0 Å². The Bertz CT molecular complexity index is 1580. The number of nitrogens with one attached hydrogen (secondary N) is 3. The van der Waals surface area contributed by atoms with Crippen molar-refractivity contribution in [3.05, 3.63) is 82.3 Å². The molecule has 0 bridgehead atoms. The number of H-pyrrole nitrogens is 1. The van der Waals surface area contributed by atoms with Crippen LogP contribution in [0.15, 0.2) is 65.6 Å². The van der Waals surface area contributed by atoms with Crippen molar-refractivity contribution in [2.24, 2.45) is 0 Å². The summed E-state index contributed by atoms with van der Waals surface area (Å²) >= 11 is 0. The monoisotopic (exact) mass is 514 g/mol. The van der Waals surface area contributed by atoms with E-state index in [4.69, 9.17) is 9.47 Å². The average molecular weight is 514 g/mol. The smallest absolute Gasteiger partial charge is 0.296 e. The van der Waals surface area contributed by atoms with Crippen LogP contribution in [0.4, 0.5) is 21.5 Å². The number of ether oxygens (including phenoxy) is 2. The average Bonchev–Trinajstić information content (AvgIpc) is 3.31. The van der Waals surface area contributed by atoms with Gasteiger partial charge in [0.1, 0.15) is 22.7 Å². The standard InChI is InChI=1S/C23H19FN4O7S/c1-34-14-6-8-16(9-7-14)36(32,33)27-23(29)19-11-17-21(25-13-4-3-5-15(10-13)35-2)18(24)12-20(28(30)31)22(17)26-19/h3-12,25-26H,1-2H3,(H,27,29). The molecule has 1 heterocycles. The van der Waals surface area contributed by atoms with Crippen molar-refractivity contribution >= 4 is 43.9 Å². The summed E-state index contributed by atoms with van der Waals surface area (Å²) in [6.07, 6.45) is 0. The van der Waals surface area contributed by atoms with Crippen molar-refractivity contribution in [1.82, 2.24) is 9.71 Å². The van der Waals surface area contributed by atoms with Crippen molar-refractivity contribution in [3.63, 3.8) is 0 Å². The molecule has 4 rings (SSSR count). The lowest BCUT2D eigenvalue weighted by Crippen LogP contribution is -2.30. The first-order chi connectivity index (χ1) is 17.1. The van der Waals surface area contributed by atoms with Gasteiger partial charge in [0.05, 0.1) is 35.8 Å². The van der Waals surface area contributed by atoms with Gasteiger partial charge in [-0.05, 0) is 42.5 Å². The quantitative estimate of drug-likeness (QED) is 0.235. The lowest BCUT2D eigenvalue weighted by molar-refractivity contribution is -0.383. The van der Waals surface area contributed by atoms with Crippen LogP contribution in [0.2, 0.25) is 0 Å². The molecule has 0 aliphatic carbocycles. The highest BCUT2D eigenvalue weighted by molar-refractivity contribution is 7.90. The fourth-order valence-corrected chi connectivity index (χ4v) is 4.44. The Labute approximate surface area is 204 Å². The molecule has 0 fully saturated rings. The van der Waals surface area contributed by atoms with Crippen molar-refractivity contribution in [3.8, 4) is 11.5 Å². The number of sulfonamides is 1. The van der Waals surface area contributed by atoms with Crippen LogP contribution in [0.3, 0.4) is 0 Å². The number of hydrogen-bond acceptors (Lipinski definition) is 8. The van der Waals surface area contributed by atoms with Gasteiger partial charge in [-0.3, -0.25) is 14.9 Å². The lowest BCUT2D eigenvalue weighted by Gasteiger charge is -2.10. The molecule has 0 atom stereocenters. The Hall–Kier alpha value is -4.65. The highest BCUT2D eigenvalue weighted by atomic mass is 32.2. The first-order valence-corrected chi connectivity index (χ1v) is 11.7. The van der Waals surface area contributed by atoms with Crippen molar-refractivity contribution in [2.45, 2.75) is 4.90 Å². The molecular formula is C23H19FN4O7S. The van der Waals surface area contributed by atoms with Gasteiger partial charge in [-0.15, -0.1) is 0 Å². The normalized spacial score (nSPS) is 11.2. The maximum absolute atomic E-state index is 15.0. The topological polar surface area (TPSA) is 153 Å². The summed E-state index contributed by atoms with van der Waals surface area (Å²) < 4.78 is 52.3. The number of carbonyl (C=O) groups excluding carboxylic acids is 1. The Balaban J connectivity index is 1.74. The van der Waals surface area contributed by atoms with E-state index in [1.54, 1.807) is 24.3 Å². The molecule has 0 aliphatic rings. The van der Waals surface area contributed by atoms with Gasteiger partial charge in [-0.2, -0.15) is 0 Å². The van der Waals surface area contributed by atoms with Crippen LogP contribution in [0.25, 0.3) is 10.9 Å². The number of fused-ring (bicyclic) bond motifs is 1. The number of benzene rings is 3. The number of methoxy groups -OCH3 is 2. The second-order valence-electron chi connectivity index (χ2n) is 7.45. The maximum Gasteiger partial charge on any atom is 0.296 e. The van der Waals surface area contributed by atoms with E-state index in [0.717, 1.165) is 6.07 Å². The lowest BCUT2D eigenvalue weighted by atomic mass is 10.1. The van der Waals surface area contributed by atoms with Gasteiger partial charge >= 0.3 is 0 Å². The van der Waals surface area contributed by atoms with Crippen LogP contribution in [0.5, 0.6) is 11.5 Å². The van der Waals surface area contributed by atoms with E-state index in [-0.39, 0.29) is 27.2 Å². The molecule has 0 spiro atoms. The summed E-state index contributed by atoms with van der Waals surface area (Å²) in [5.74, 6) is -1.14. The number of aromatic nitrogens is 1. The molecule has 0 unspecified atom stereocenters. The molecule has 13 heteroatoms. The third kappa shape index (κ3) is 4.77. The number of halogens is 1. The van der Waals surface area contributed by atoms with E-state index in [9.17, 15) is 27.7 Å². The fourth-order valence-electron chi connectivity index (χ4n) is 3.48. The number of anilines is 2. The molecule has 4 aromatic rings. The Morgan fingerprint density at radius 1 is 1.03 bits per heavy atom. The Kier molecular flexibility index (Phi) is 6.49. The Morgan fingerprint density at radius 2 is 1.72 bits per heavy atom. The molecule has 0 saturated carbocycles. The van der Waals surface area contributed by atoms with Gasteiger partial charge in [0.15, 0.2) is 5.82 Å². The van der Waals surface area contributed by atoms with Crippen LogP contribution in [0.1, 0.15) is 10.5 Å². The van der Waals surface area contributed by atoms with Gasteiger partial charge in [0.2, 0.25) is 0 Å². The number of rotatable bonds is 8. The van der Waals surface area contributed by atoms with Crippen LogP contribution < -0.4 is 19.5 Å². The number of amides is 1.